The molecule has 0 radical (unpaired) electrons. The van der Waals surface area contributed by atoms with Crippen molar-refractivity contribution in [2.45, 2.75) is 64.5 Å². The van der Waals surface area contributed by atoms with E-state index < -0.39 is 23.6 Å². The molecule has 2 atom stereocenters. The quantitative estimate of drug-likeness (QED) is 0.484. The molecule has 2 amide bonds. The number of hydrogen-bond donors (Lipinski definition) is 2. The topological polar surface area (TPSA) is 79.3 Å². The lowest BCUT2D eigenvalue weighted by molar-refractivity contribution is -0.126. The molecule has 0 spiro atoms. The van der Waals surface area contributed by atoms with E-state index in [1.807, 2.05) is 11.5 Å². The summed E-state index contributed by atoms with van der Waals surface area (Å²) < 4.78 is 28.8. The largest absolute Gasteiger partial charge is 0.344 e. The second kappa shape index (κ2) is 12.3. The van der Waals surface area contributed by atoms with Crippen LogP contribution < -0.4 is 10.6 Å². The fourth-order valence-corrected chi connectivity index (χ4v) is 5.11. The minimum Gasteiger partial charge on any atom is -0.344 e. The van der Waals surface area contributed by atoms with E-state index in [4.69, 9.17) is 0 Å². The molecule has 0 bridgehead atoms. The number of anilines is 1. The van der Waals surface area contributed by atoms with Crippen LogP contribution in [0.5, 0.6) is 0 Å². The zero-order valence-corrected chi connectivity index (χ0v) is 20.8. The van der Waals surface area contributed by atoms with E-state index in [-0.39, 0.29) is 17.9 Å². The fraction of sp³-hybridized carbons (Fsp3) is 0.519. The molecule has 2 aromatic rings. The zero-order valence-electron chi connectivity index (χ0n) is 20.8. The van der Waals surface area contributed by atoms with E-state index in [1.165, 1.54) is 25.7 Å². The van der Waals surface area contributed by atoms with Gasteiger partial charge in [-0.15, -0.1) is 0 Å². The molecule has 0 saturated carbocycles. The summed E-state index contributed by atoms with van der Waals surface area (Å²) >= 11 is 0. The van der Waals surface area contributed by atoms with Gasteiger partial charge in [0.15, 0.2) is 5.82 Å². The monoisotopic (exact) mass is 499 g/mol. The number of halogens is 2. The van der Waals surface area contributed by atoms with Gasteiger partial charge in [-0.2, -0.15) is 0 Å². The maximum atomic E-state index is 13.4. The number of imidazole rings is 1. The van der Waals surface area contributed by atoms with Crippen LogP contribution in [0.25, 0.3) is 0 Å². The summed E-state index contributed by atoms with van der Waals surface area (Å²) in [7, 11) is 0. The second-order valence-electron chi connectivity index (χ2n) is 9.82. The predicted octanol–water partition coefficient (Wildman–Crippen LogP) is 4.06. The number of rotatable bonds is 10. The molecule has 4 rings (SSSR count). The van der Waals surface area contributed by atoms with E-state index in [0.717, 1.165) is 50.3 Å². The summed E-state index contributed by atoms with van der Waals surface area (Å²) in [5.41, 5.74) is 1.81. The number of carbonyl (C=O) groups excluding carboxylic acids is 2. The number of nitrogens with zero attached hydrogens (tertiary/aromatic N) is 3. The summed E-state index contributed by atoms with van der Waals surface area (Å²) in [5.74, 6) is -1.13. The van der Waals surface area contributed by atoms with Crippen LogP contribution >= 0.6 is 0 Å². The van der Waals surface area contributed by atoms with Gasteiger partial charge in [-0.05, 0) is 62.3 Å². The standard InChI is InChI=1S/C27H35F2N5O2/c1-2-5-24(31-26(35)14-19-12-22(28)15-23(29)13-19)27(36)32-25-17-34(18-30-25)11-10-33-9-8-20-6-3-4-7-21(20)16-33/h7,12-13,15,17-18,20,24H,2-6,8-11,14,16H2,1H3,(H,31,35)(H,32,36)/t20-,24?/m0/s1. The normalized spacial score (nSPS) is 18.8. The Balaban J connectivity index is 1.27. The summed E-state index contributed by atoms with van der Waals surface area (Å²) in [4.78, 5) is 32.1. The highest BCUT2D eigenvalue weighted by Gasteiger charge is 2.25. The van der Waals surface area contributed by atoms with Crippen molar-refractivity contribution < 1.29 is 18.4 Å². The van der Waals surface area contributed by atoms with Gasteiger partial charge in [-0.1, -0.05) is 25.0 Å². The van der Waals surface area contributed by atoms with E-state index in [0.29, 0.717) is 18.7 Å². The summed E-state index contributed by atoms with van der Waals surface area (Å²) in [6, 6.07) is 2.21. The Morgan fingerprint density at radius 1 is 1.17 bits per heavy atom. The molecule has 2 heterocycles. The van der Waals surface area contributed by atoms with Crippen molar-refractivity contribution in [3.05, 3.63) is 59.6 Å². The van der Waals surface area contributed by atoms with Gasteiger partial charge < -0.3 is 15.2 Å². The van der Waals surface area contributed by atoms with Crippen LogP contribution in [0, 0.1) is 17.6 Å². The van der Waals surface area contributed by atoms with Crippen LogP contribution in [-0.4, -0.2) is 51.9 Å². The van der Waals surface area contributed by atoms with E-state index in [2.05, 4.69) is 26.6 Å². The maximum Gasteiger partial charge on any atom is 0.248 e. The third kappa shape index (κ3) is 7.22. The molecular weight excluding hydrogens is 464 g/mol. The Labute approximate surface area is 211 Å². The SMILES string of the molecule is CCCC(NC(=O)Cc1cc(F)cc(F)c1)C(=O)Nc1cn(CCN2CC[C@@H]3CCCC=C3C2)cn1. The Hall–Kier alpha value is -3.07. The number of amides is 2. The predicted molar refractivity (Wildman–Crippen MR) is 134 cm³/mol. The van der Waals surface area contributed by atoms with E-state index >= 15 is 0 Å². The lowest BCUT2D eigenvalue weighted by atomic mass is 9.82. The number of carbonyl (C=O) groups is 2. The van der Waals surface area contributed by atoms with Crippen molar-refractivity contribution >= 4 is 17.6 Å². The Morgan fingerprint density at radius 2 is 1.97 bits per heavy atom. The third-order valence-corrected chi connectivity index (χ3v) is 6.96. The molecule has 2 aliphatic rings. The highest BCUT2D eigenvalue weighted by molar-refractivity contribution is 5.96. The van der Waals surface area contributed by atoms with Crippen LogP contribution in [0.3, 0.4) is 0 Å². The molecule has 1 aromatic heterocycles. The van der Waals surface area contributed by atoms with Crippen LogP contribution in [0.2, 0.25) is 0 Å². The fourth-order valence-electron chi connectivity index (χ4n) is 5.11. The summed E-state index contributed by atoms with van der Waals surface area (Å²) in [5, 5.41) is 5.46. The minimum absolute atomic E-state index is 0.211. The number of benzene rings is 1. The molecule has 1 saturated heterocycles. The molecular formula is C27H35F2N5O2. The molecule has 7 nitrogen and oxygen atoms in total. The average molecular weight is 500 g/mol. The highest BCUT2D eigenvalue weighted by atomic mass is 19.1. The number of nitrogens with one attached hydrogen (secondary N) is 2. The molecule has 1 fully saturated rings. The Kier molecular flexibility index (Phi) is 8.85. The summed E-state index contributed by atoms with van der Waals surface area (Å²) in [6.45, 7) is 5.77. The van der Waals surface area contributed by atoms with Gasteiger partial charge in [0, 0.05) is 31.9 Å². The van der Waals surface area contributed by atoms with Gasteiger partial charge in [0.25, 0.3) is 0 Å². The van der Waals surface area contributed by atoms with Crippen LogP contribution in [0.15, 0.2) is 42.4 Å². The van der Waals surface area contributed by atoms with Crippen LogP contribution in [0.1, 0.15) is 51.0 Å². The number of fused-ring (bicyclic) bond motifs is 1. The third-order valence-electron chi connectivity index (χ3n) is 6.96. The molecule has 36 heavy (non-hydrogen) atoms. The first-order valence-electron chi connectivity index (χ1n) is 12.9. The lowest BCUT2D eigenvalue weighted by Crippen LogP contribution is -2.44. The Morgan fingerprint density at radius 3 is 2.75 bits per heavy atom. The second-order valence-corrected chi connectivity index (χ2v) is 9.82. The number of aromatic nitrogens is 2. The number of piperidine rings is 1. The van der Waals surface area contributed by atoms with Gasteiger partial charge in [0.2, 0.25) is 11.8 Å². The minimum atomic E-state index is -0.767. The first-order valence-corrected chi connectivity index (χ1v) is 12.9. The van der Waals surface area contributed by atoms with Gasteiger partial charge in [-0.25, -0.2) is 13.8 Å². The molecule has 1 aliphatic heterocycles. The maximum absolute atomic E-state index is 13.4. The van der Waals surface area contributed by atoms with Gasteiger partial charge in [0.1, 0.15) is 17.7 Å². The molecule has 1 unspecified atom stereocenters. The van der Waals surface area contributed by atoms with Crippen molar-refractivity contribution in [1.82, 2.24) is 19.8 Å². The van der Waals surface area contributed by atoms with Crippen LogP contribution in [0.4, 0.5) is 14.6 Å². The van der Waals surface area contributed by atoms with Crippen molar-refractivity contribution in [2.24, 2.45) is 5.92 Å². The molecule has 9 heteroatoms. The summed E-state index contributed by atoms with van der Waals surface area (Å²) in [6.07, 6.45) is 11.9. The molecule has 1 aromatic carbocycles. The van der Waals surface area contributed by atoms with Crippen molar-refractivity contribution in [1.29, 1.82) is 0 Å². The zero-order chi connectivity index (χ0) is 25.5. The number of hydrogen-bond acceptors (Lipinski definition) is 4. The van der Waals surface area contributed by atoms with Crippen LogP contribution in [-0.2, 0) is 22.6 Å². The van der Waals surface area contributed by atoms with E-state index in [9.17, 15) is 18.4 Å². The smallest absolute Gasteiger partial charge is 0.248 e. The first kappa shape index (κ1) is 26.0. The van der Waals surface area contributed by atoms with Crippen molar-refractivity contribution in [3.63, 3.8) is 0 Å². The van der Waals surface area contributed by atoms with Gasteiger partial charge in [-0.3, -0.25) is 14.5 Å². The highest BCUT2D eigenvalue weighted by Crippen LogP contribution is 2.31. The molecule has 1 aliphatic carbocycles. The Bertz CT molecular complexity index is 1080. The lowest BCUT2D eigenvalue weighted by Gasteiger charge is -2.36. The average Bonchev–Trinajstić information content (AvgIpc) is 3.28. The van der Waals surface area contributed by atoms with Crippen molar-refractivity contribution in [3.8, 4) is 0 Å². The molecule has 2 N–H and O–H groups in total. The van der Waals surface area contributed by atoms with Gasteiger partial charge >= 0.3 is 0 Å². The molecule has 194 valence electrons. The van der Waals surface area contributed by atoms with E-state index in [1.54, 1.807) is 18.1 Å². The van der Waals surface area contributed by atoms with Gasteiger partial charge in [0.05, 0.1) is 12.7 Å². The van der Waals surface area contributed by atoms with Crippen molar-refractivity contribution in [2.75, 3.05) is 25.0 Å². The number of allylic oxidation sites excluding steroid dienone is 1. The number of likely N-dealkylation sites (tertiary alicyclic amines) is 1. The first-order chi connectivity index (χ1) is 17.4.